The summed E-state index contributed by atoms with van der Waals surface area (Å²) in [4.78, 5) is 39.2. The van der Waals surface area contributed by atoms with Crippen LogP contribution in [0.2, 0.25) is 10.0 Å². The van der Waals surface area contributed by atoms with E-state index < -0.39 is 17.8 Å². The van der Waals surface area contributed by atoms with Crippen molar-refractivity contribution in [1.82, 2.24) is 0 Å². The van der Waals surface area contributed by atoms with E-state index in [1.54, 1.807) is 62.4 Å². The summed E-state index contributed by atoms with van der Waals surface area (Å²) in [6.07, 6.45) is 0. The molecule has 1 aliphatic heterocycles. The molecule has 0 atom stereocenters. The van der Waals surface area contributed by atoms with Crippen molar-refractivity contribution in [2.45, 2.75) is 13.8 Å². The number of nitrogens with one attached hydrogen (secondary N) is 1. The van der Waals surface area contributed by atoms with Gasteiger partial charge in [-0.1, -0.05) is 34.8 Å². The van der Waals surface area contributed by atoms with Crippen molar-refractivity contribution in [1.29, 1.82) is 0 Å². The highest BCUT2D eigenvalue weighted by molar-refractivity contribution is 6.53. The van der Waals surface area contributed by atoms with Gasteiger partial charge in [0, 0.05) is 15.7 Å². The molecule has 4 rings (SSSR count). The average Bonchev–Trinajstić information content (AvgIpc) is 2.99. The predicted molar refractivity (Wildman–Crippen MR) is 133 cm³/mol. The van der Waals surface area contributed by atoms with E-state index in [0.29, 0.717) is 38.3 Å². The number of hydrogen-bond donors (Lipinski definition) is 1. The lowest BCUT2D eigenvalue weighted by Gasteiger charge is -2.17. The standard InChI is InChI=1S/C25H17Cl3N2O4/c1-13-11-16(26)5-9-19(13)30-23(31)21(28)22(24(30)32)29-18-7-3-15(4-8-18)25(33)34-20-10-6-17(27)12-14(20)2/h3-12,29H,1-2H3. The van der Waals surface area contributed by atoms with E-state index in [1.165, 1.54) is 12.1 Å². The highest BCUT2D eigenvalue weighted by Gasteiger charge is 2.39. The van der Waals surface area contributed by atoms with Crippen molar-refractivity contribution < 1.29 is 19.1 Å². The number of hydrogen-bond acceptors (Lipinski definition) is 5. The second kappa shape index (κ2) is 9.50. The van der Waals surface area contributed by atoms with Crippen LogP contribution in [0.3, 0.4) is 0 Å². The van der Waals surface area contributed by atoms with Gasteiger partial charge in [-0.3, -0.25) is 9.59 Å². The fourth-order valence-electron chi connectivity index (χ4n) is 3.42. The van der Waals surface area contributed by atoms with E-state index in [1.807, 2.05) is 0 Å². The van der Waals surface area contributed by atoms with Crippen LogP contribution in [0.15, 0.2) is 71.4 Å². The summed E-state index contributed by atoms with van der Waals surface area (Å²) in [6, 6.07) is 16.0. The Kier molecular flexibility index (Phi) is 6.66. The molecule has 0 fully saturated rings. The van der Waals surface area contributed by atoms with Gasteiger partial charge < -0.3 is 10.1 Å². The van der Waals surface area contributed by atoms with Crippen molar-refractivity contribution in [3.63, 3.8) is 0 Å². The number of carbonyl (C=O) groups is 3. The Labute approximate surface area is 210 Å². The van der Waals surface area contributed by atoms with Gasteiger partial charge in [0.2, 0.25) is 0 Å². The number of carbonyl (C=O) groups excluding carboxylic acids is 3. The second-order valence-corrected chi connectivity index (χ2v) is 8.82. The lowest BCUT2D eigenvalue weighted by molar-refractivity contribution is -0.120. The highest BCUT2D eigenvalue weighted by atomic mass is 35.5. The molecule has 172 valence electrons. The van der Waals surface area contributed by atoms with Crippen LogP contribution in [0, 0.1) is 13.8 Å². The molecular weight excluding hydrogens is 499 g/mol. The highest BCUT2D eigenvalue weighted by Crippen LogP contribution is 2.33. The number of amides is 2. The first-order valence-electron chi connectivity index (χ1n) is 10.1. The quantitative estimate of drug-likeness (QED) is 0.246. The Morgan fingerprint density at radius 3 is 2.06 bits per heavy atom. The van der Waals surface area contributed by atoms with Crippen molar-refractivity contribution in [2.24, 2.45) is 0 Å². The lowest BCUT2D eigenvalue weighted by Crippen LogP contribution is -2.32. The summed E-state index contributed by atoms with van der Waals surface area (Å²) in [7, 11) is 0. The molecule has 6 nitrogen and oxygen atoms in total. The van der Waals surface area contributed by atoms with Gasteiger partial charge in [0.1, 0.15) is 16.5 Å². The number of benzene rings is 3. The Bertz CT molecular complexity index is 1370. The molecule has 3 aromatic rings. The zero-order valence-electron chi connectivity index (χ0n) is 18.0. The molecule has 9 heteroatoms. The SMILES string of the molecule is Cc1cc(Cl)ccc1OC(=O)c1ccc(NC2=C(Cl)C(=O)N(c3ccc(Cl)cc3C)C2=O)cc1. The van der Waals surface area contributed by atoms with Crippen LogP contribution in [-0.2, 0) is 9.59 Å². The summed E-state index contributed by atoms with van der Waals surface area (Å²) in [5.74, 6) is -1.38. The van der Waals surface area contributed by atoms with E-state index in [9.17, 15) is 14.4 Å². The first-order valence-corrected chi connectivity index (χ1v) is 11.2. The molecule has 0 spiro atoms. The molecule has 1 heterocycles. The molecule has 2 amide bonds. The third kappa shape index (κ3) is 4.66. The molecule has 0 aliphatic carbocycles. The number of esters is 1. The Hall–Kier alpha value is -3.32. The van der Waals surface area contributed by atoms with Gasteiger partial charge in [-0.25, -0.2) is 9.69 Å². The van der Waals surface area contributed by atoms with Crippen molar-refractivity contribution in [2.75, 3.05) is 10.2 Å². The largest absolute Gasteiger partial charge is 0.423 e. The first kappa shape index (κ1) is 23.8. The minimum Gasteiger partial charge on any atom is -0.423 e. The molecule has 0 unspecified atom stereocenters. The van der Waals surface area contributed by atoms with Gasteiger partial charge in [-0.2, -0.15) is 0 Å². The third-order valence-electron chi connectivity index (χ3n) is 5.16. The van der Waals surface area contributed by atoms with Gasteiger partial charge >= 0.3 is 5.97 Å². The topological polar surface area (TPSA) is 75.7 Å². The summed E-state index contributed by atoms with van der Waals surface area (Å²) < 4.78 is 5.43. The van der Waals surface area contributed by atoms with Crippen LogP contribution in [0.25, 0.3) is 0 Å². The maximum atomic E-state index is 13.0. The van der Waals surface area contributed by atoms with Crippen LogP contribution in [0.1, 0.15) is 21.5 Å². The third-order valence-corrected chi connectivity index (χ3v) is 5.98. The second-order valence-electron chi connectivity index (χ2n) is 7.57. The zero-order valence-corrected chi connectivity index (χ0v) is 20.3. The van der Waals surface area contributed by atoms with Crippen molar-refractivity contribution in [3.8, 4) is 5.75 Å². The van der Waals surface area contributed by atoms with Crippen LogP contribution in [0.4, 0.5) is 11.4 Å². The number of anilines is 2. The molecule has 0 radical (unpaired) electrons. The Balaban J connectivity index is 1.50. The Morgan fingerprint density at radius 1 is 0.824 bits per heavy atom. The maximum absolute atomic E-state index is 13.0. The number of halogens is 3. The summed E-state index contributed by atoms with van der Waals surface area (Å²) >= 11 is 18.1. The van der Waals surface area contributed by atoms with E-state index in [4.69, 9.17) is 39.5 Å². The first-order chi connectivity index (χ1) is 16.2. The monoisotopic (exact) mass is 514 g/mol. The van der Waals surface area contributed by atoms with Crippen LogP contribution in [0.5, 0.6) is 5.75 Å². The number of nitrogens with zero attached hydrogens (tertiary/aromatic N) is 1. The molecular formula is C25H17Cl3N2O4. The van der Waals surface area contributed by atoms with Crippen molar-refractivity contribution >= 4 is 64.0 Å². The van der Waals surface area contributed by atoms with E-state index in [-0.39, 0.29) is 10.7 Å². The van der Waals surface area contributed by atoms with Gasteiger partial charge in [-0.15, -0.1) is 0 Å². The maximum Gasteiger partial charge on any atom is 0.343 e. The fourth-order valence-corrected chi connectivity index (χ4v) is 4.09. The van der Waals surface area contributed by atoms with Crippen LogP contribution < -0.4 is 15.0 Å². The number of rotatable bonds is 5. The lowest BCUT2D eigenvalue weighted by atomic mass is 10.2. The molecule has 0 bridgehead atoms. The average molecular weight is 516 g/mol. The van der Waals surface area contributed by atoms with Gasteiger partial charge in [0.25, 0.3) is 11.8 Å². The zero-order chi connectivity index (χ0) is 24.6. The summed E-state index contributed by atoms with van der Waals surface area (Å²) in [6.45, 7) is 3.53. The van der Waals surface area contributed by atoms with Gasteiger partial charge in [0.15, 0.2) is 0 Å². The normalized spacial score (nSPS) is 13.5. The molecule has 34 heavy (non-hydrogen) atoms. The number of aryl methyl sites for hydroxylation is 2. The van der Waals surface area contributed by atoms with Crippen LogP contribution >= 0.6 is 34.8 Å². The van der Waals surface area contributed by atoms with Crippen molar-refractivity contribution in [3.05, 3.63) is 98.1 Å². The van der Waals surface area contributed by atoms with Crippen LogP contribution in [-0.4, -0.2) is 17.8 Å². The van der Waals surface area contributed by atoms with Gasteiger partial charge in [0.05, 0.1) is 11.3 Å². The smallest absolute Gasteiger partial charge is 0.343 e. The Morgan fingerprint density at radius 2 is 1.44 bits per heavy atom. The molecule has 1 N–H and O–H groups in total. The summed E-state index contributed by atoms with van der Waals surface area (Å²) in [5, 5.41) is 3.68. The van der Waals surface area contributed by atoms with E-state index in [2.05, 4.69) is 5.32 Å². The minimum atomic E-state index is -0.641. The number of imide groups is 1. The molecule has 0 saturated carbocycles. The van der Waals surface area contributed by atoms with Gasteiger partial charge in [-0.05, 0) is 85.6 Å². The predicted octanol–water partition coefficient (Wildman–Crippen LogP) is 6.27. The summed E-state index contributed by atoms with van der Waals surface area (Å²) in [5.41, 5.74) is 2.47. The fraction of sp³-hybridized carbons (Fsp3) is 0.0800. The molecule has 1 aliphatic rings. The number of ether oxygens (including phenoxy) is 1. The molecule has 3 aromatic carbocycles. The minimum absolute atomic E-state index is 0.0619. The van der Waals surface area contributed by atoms with E-state index >= 15 is 0 Å². The molecule has 0 aromatic heterocycles. The van der Waals surface area contributed by atoms with E-state index in [0.717, 1.165) is 10.5 Å². The molecule has 0 saturated heterocycles.